The average molecular weight is 513 g/mol. The molecule has 0 bridgehead atoms. The van der Waals surface area contributed by atoms with Crippen molar-refractivity contribution in [2.45, 2.75) is 133 Å². The van der Waals surface area contributed by atoms with Crippen molar-refractivity contribution in [1.82, 2.24) is 4.98 Å². The van der Waals surface area contributed by atoms with Crippen LogP contribution in [0.3, 0.4) is 0 Å². The van der Waals surface area contributed by atoms with E-state index in [9.17, 15) is 0 Å². The molecule has 0 aliphatic heterocycles. The summed E-state index contributed by atoms with van der Waals surface area (Å²) < 4.78 is 0. The Hall–Kier alpha value is -1.13. The Morgan fingerprint density at radius 1 is 0.914 bits per heavy atom. The molecule has 1 fully saturated rings. The number of unbranched alkanes of at least 4 members (excludes halogenated alkanes) is 8. The first-order chi connectivity index (χ1) is 17.2. The predicted molar refractivity (Wildman–Crippen MR) is 161 cm³/mol. The number of hydrogen-bond donors (Lipinski definition) is 1. The van der Waals surface area contributed by atoms with Gasteiger partial charge in [-0.2, -0.15) is 0 Å². The van der Waals surface area contributed by atoms with Gasteiger partial charge in [0.15, 0.2) is 0 Å². The number of thiocarbonyl (C=S) groups is 1. The summed E-state index contributed by atoms with van der Waals surface area (Å²) in [5.41, 5.74) is 2.26. The highest BCUT2D eigenvalue weighted by molar-refractivity contribution is 8.00. The van der Waals surface area contributed by atoms with Crippen LogP contribution in [0.4, 0.5) is 5.69 Å². The van der Waals surface area contributed by atoms with E-state index >= 15 is 0 Å². The summed E-state index contributed by atoms with van der Waals surface area (Å²) in [6, 6.07) is 8.74. The smallest absolute Gasteiger partial charge is 0.0829 e. The molecule has 194 valence electrons. The van der Waals surface area contributed by atoms with E-state index in [1.807, 2.05) is 6.20 Å². The SMILES string of the molecule is CCCCCCCCC(CCCCCC)C(=S)Nc1c(SC2CCCCC2)ccc2ncccc12. The van der Waals surface area contributed by atoms with Crippen molar-refractivity contribution in [2.24, 2.45) is 5.92 Å². The topological polar surface area (TPSA) is 24.9 Å². The fourth-order valence-corrected chi connectivity index (χ4v) is 7.03. The highest BCUT2D eigenvalue weighted by Crippen LogP contribution is 2.40. The molecule has 1 N–H and O–H groups in total. The van der Waals surface area contributed by atoms with Crippen molar-refractivity contribution < 1.29 is 0 Å². The van der Waals surface area contributed by atoms with E-state index in [2.05, 4.69) is 60.2 Å². The minimum atomic E-state index is 0.479. The summed E-state index contributed by atoms with van der Waals surface area (Å²) >= 11 is 8.20. The molecule has 0 amide bonds. The van der Waals surface area contributed by atoms with Gasteiger partial charge in [0.25, 0.3) is 0 Å². The molecule has 3 rings (SSSR count). The van der Waals surface area contributed by atoms with Gasteiger partial charge in [0.1, 0.15) is 0 Å². The largest absolute Gasteiger partial charge is 0.348 e. The molecule has 35 heavy (non-hydrogen) atoms. The third-order valence-corrected chi connectivity index (χ3v) is 9.36. The summed E-state index contributed by atoms with van der Waals surface area (Å²) in [5.74, 6) is 0.479. The molecule has 1 aromatic heterocycles. The van der Waals surface area contributed by atoms with Crippen molar-refractivity contribution in [3.8, 4) is 0 Å². The van der Waals surface area contributed by atoms with Gasteiger partial charge in [-0.25, -0.2) is 0 Å². The molecule has 1 aromatic carbocycles. The van der Waals surface area contributed by atoms with Crippen molar-refractivity contribution in [1.29, 1.82) is 0 Å². The first-order valence-corrected chi connectivity index (χ1v) is 15.9. The zero-order valence-corrected chi connectivity index (χ0v) is 24.0. The summed E-state index contributed by atoms with van der Waals surface area (Å²) in [5, 5.41) is 5.75. The Kier molecular flexibility index (Phi) is 13.5. The van der Waals surface area contributed by atoms with Gasteiger partial charge in [-0.1, -0.05) is 110 Å². The quantitative estimate of drug-likeness (QED) is 0.178. The molecule has 0 radical (unpaired) electrons. The van der Waals surface area contributed by atoms with Crippen LogP contribution >= 0.6 is 24.0 Å². The molecule has 1 saturated carbocycles. The normalized spacial score (nSPS) is 15.4. The summed E-state index contributed by atoms with van der Waals surface area (Å²) in [6.45, 7) is 4.58. The van der Waals surface area contributed by atoms with Crippen molar-refractivity contribution >= 4 is 45.6 Å². The van der Waals surface area contributed by atoms with Crippen LogP contribution in [-0.2, 0) is 0 Å². The Balaban J connectivity index is 1.72. The third kappa shape index (κ3) is 9.69. The maximum absolute atomic E-state index is 6.14. The number of aromatic nitrogens is 1. The second-order valence-corrected chi connectivity index (χ2v) is 12.3. The van der Waals surface area contributed by atoms with Crippen LogP contribution in [0.25, 0.3) is 10.9 Å². The minimum absolute atomic E-state index is 0.479. The number of nitrogens with one attached hydrogen (secondary N) is 1. The van der Waals surface area contributed by atoms with Gasteiger partial charge in [-0.05, 0) is 49.9 Å². The fourth-order valence-electron chi connectivity index (χ4n) is 5.34. The summed E-state index contributed by atoms with van der Waals surface area (Å²) in [4.78, 5) is 7.05. The number of hydrogen-bond acceptors (Lipinski definition) is 3. The number of fused-ring (bicyclic) bond motifs is 1. The first-order valence-electron chi connectivity index (χ1n) is 14.6. The van der Waals surface area contributed by atoms with E-state index in [0.29, 0.717) is 5.92 Å². The molecule has 1 aliphatic carbocycles. The van der Waals surface area contributed by atoms with E-state index in [-0.39, 0.29) is 0 Å². The second-order valence-electron chi connectivity index (χ2n) is 10.5. The van der Waals surface area contributed by atoms with Crippen LogP contribution in [0.2, 0.25) is 0 Å². The summed E-state index contributed by atoms with van der Waals surface area (Å²) in [7, 11) is 0. The Labute approximate surface area is 224 Å². The molecule has 1 unspecified atom stereocenters. The van der Waals surface area contributed by atoms with Crippen LogP contribution in [-0.4, -0.2) is 15.2 Å². The van der Waals surface area contributed by atoms with Crippen LogP contribution in [0.15, 0.2) is 35.4 Å². The van der Waals surface area contributed by atoms with Gasteiger partial charge in [0.2, 0.25) is 0 Å². The lowest BCUT2D eigenvalue weighted by Gasteiger charge is -2.25. The molecule has 4 heteroatoms. The number of nitrogens with zero attached hydrogens (tertiary/aromatic N) is 1. The Bertz CT molecular complexity index is 875. The number of thioether (sulfide) groups is 1. The highest BCUT2D eigenvalue weighted by atomic mass is 32.2. The molecular formula is C31H48N2S2. The number of benzene rings is 1. The van der Waals surface area contributed by atoms with Gasteiger partial charge in [0.05, 0.1) is 16.2 Å². The van der Waals surface area contributed by atoms with Gasteiger partial charge in [0, 0.05) is 27.6 Å². The van der Waals surface area contributed by atoms with Gasteiger partial charge in [-0.3, -0.25) is 4.98 Å². The van der Waals surface area contributed by atoms with E-state index in [1.165, 1.54) is 125 Å². The maximum Gasteiger partial charge on any atom is 0.0829 e. The molecular weight excluding hydrogens is 464 g/mol. The zero-order valence-electron chi connectivity index (χ0n) is 22.3. The van der Waals surface area contributed by atoms with Crippen LogP contribution in [0.5, 0.6) is 0 Å². The van der Waals surface area contributed by atoms with Crippen molar-refractivity contribution in [3.63, 3.8) is 0 Å². The van der Waals surface area contributed by atoms with Crippen LogP contribution in [0.1, 0.15) is 123 Å². The lowest BCUT2D eigenvalue weighted by Crippen LogP contribution is -2.22. The van der Waals surface area contributed by atoms with Crippen molar-refractivity contribution in [3.05, 3.63) is 30.5 Å². The van der Waals surface area contributed by atoms with Crippen LogP contribution < -0.4 is 5.32 Å². The number of pyridine rings is 1. The number of rotatable bonds is 16. The molecule has 1 aliphatic rings. The highest BCUT2D eigenvalue weighted by Gasteiger charge is 2.21. The monoisotopic (exact) mass is 512 g/mol. The Morgan fingerprint density at radius 2 is 1.57 bits per heavy atom. The molecule has 2 nitrogen and oxygen atoms in total. The van der Waals surface area contributed by atoms with Gasteiger partial charge in [-0.15, -0.1) is 11.8 Å². The molecule has 0 spiro atoms. The number of anilines is 1. The minimum Gasteiger partial charge on any atom is -0.348 e. The summed E-state index contributed by atoms with van der Waals surface area (Å²) in [6.07, 6.45) is 24.4. The van der Waals surface area contributed by atoms with E-state index < -0.39 is 0 Å². The predicted octanol–water partition coefficient (Wildman–Crippen LogP) is 10.7. The maximum atomic E-state index is 6.14. The lowest BCUT2D eigenvalue weighted by atomic mass is 9.94. The van der Waals surface area contributed by atoms with Crippen LogP contribution in [0, 0.1) is 5.92 Å². The van der Waals surface area contributed by atoms with Gasteiger partial charge >= 0.3 is 0 Å². The van der Waals surface area contributed by atoms with E-state index in [1.54, 1.807) is 0 Å². The molecule has 2 aromatic rings. The van der Waals surface area contributed by atoms with E-state index in [0.717, 1.165) is 15.8 Å². The fraction of sp³-hybridized carbons (Fsp3) is 0.677. The average Bonchev–Trinajstić information content (AvgIpc) is 2.89. The van der Waals surface area contributed by atoms with Crippen molar-refractivity contribution in [2.75, 3.05) is 5.32 Å². The molecule has 1 heterocycles. The Morgan fingerprint density at radius 3 is 2.29 bits per heavy atom. The zero-order chi connectivity index (χ0) is 24.7. The van der Waals surface area contributed by atoms with Gasteiger partial charge < -0.3 is 5.32 Å². The first kappa shape index (κ1) is 28.4. The third-order valence-electron chi connectivity index (χ3n) is 7.52. The lowest BCUT2D eigenvalue weighted by molar-refractivity contribution is 0.491. The molecule has 0 saturated heterocycles. The standard InChI is InChI=1S/C31H48N2S2/c1-3-5-7-9-10-13-18-25(17-12-8-6-4-2)31(34)33-30-27-21-16-24-32-28(27)22-23-29(30)35-26-19-14-11-15-20-26/h16,21-26H,3-15,17-20H2,1-2H3,(H,33,34). The second kappa shape index (κ2) is 16.6. The van der Waals surface area contributed by atoms with E-state index in [4.69, 9.17) is 12.2 Å². The molecule has 1 atom stereocenters.